The number of hydrogen-bond donors (Lipinski definition) is 1. The van der Waals surface area contributed by atoms with Gasteiger partial charge in [-0.2, -0.15) is 18.4 Å². The number of nitrogens with zero attached hydrogens (tertiary/aromatic N) is 5. The third-order valence-corrected chi connectivity index (χ3v) is 7.41. The zero-order valence-electron chi connectivity index (χ0n) is 21.4. The molecule has 4 aromatic rings. The number of hydrogen-bond acceptors (Lipinski definition) is 8. The van der Waals surface area contributed by atoms with Gasteiger partial charge in [-0.3, -0.25) is 4.98 Å². The predicted molar refractivity (Wildman–Crippen MR) is 151 cm³/mol. The van der Waals surface area contributed by atoms with Gasteiger partial charge < -0.3 is 14.5 Å². The smallest absolute Gasteiger partial charge is 0.378 e. The lowest BCUT2D eigenvalue weighted by molar-refractivity contribution is -0.118. The van der Waals surface area contributed by atoms with Crippen molar-refractivity contribution in [3.8, 4) is 17.2 Å². The lowest BCUT2D eigenvalue weighted by Crippen LogP contribution is -2.37. The average Bonchev–Trinajstić information content (AvgIpc) is 2.95. The largest absolute Gasteiger partial charge is 0.406 e. The van der Waals surface area contributed by atoms with Crippen LogP contribution in [-0.2, 0) is 21.2 Å². The summed E-state index contributed by atoms with van der Waals surface area (Å²) in [6.07, 6.45) is -3.13. The van der Waals surface area contributed by atoms with E-state index >= 15 is 0 Å². The predicted octanol–water partition coefficient (Wildman–Crippen LogP) is 5.47. The molecule has 0 spiro atoms. The summed E-state index contributed by atoms with van der Waals surface area (Å²) in [7, 11) is -2.63. The molecule has 41 heavy (non-hydrogen) atoms. The number of aromatic nitrogens is 2. The minimum Gasteiger partial charge on any atom is -0.378 e. The summed E-state index contributed by atoms with van der Waals surface area (Å²) in [5.74, 6) is -0.201. The summed E-state index contributed by atoms with van der Waals surface area (Å²) in [6, 6.07) is 16.8. The minimum atomic E-state index is -4.53. The van der Waals surface area contributed by atoms with E-state index in [9.17, 15) is 26.9 Å². The molecule has 1 aliphatic rings. The molecule has 5 rings (SSSR count). The van der Waals surface area contributed by atoms with Crippen molar-refractivity contribution in [3.05, 3.63) is 77.1 Å². The Hall–Kier alpha value is -3.92. The van der Waals surface area contributed by atoms with Crippen molar-refractivity contribution >= 4 is 50.4 Å². The second-order valence-electron chi connectivity index (χ2n) is 9.34. The standard InChI is InChI=1S/C28H23ClF3N5O3S/c29-24-13-23(11-20(14-33)27(24)36-7-9-40-10-8-36)37(17-28(30,31)32)22-4-1-18(2-5-22)19-3-6-25-26(12-19)34-15-21(35-25)16-41(38)39/h1-6,11-13,15,41H,7-10,16-17H2. The maximum Gasteiger partial charge on any atom is 0.406 e. The molecular weight excluding hydrogens is 579 g/mol. The summed E-state index contributed by atoms with van der Waals surface area (Å²) in [4.78, 5) is 11.6. The number of anilines is 3. The first kappa shape index (κ1) is 28.6. The van der Waals surface area contributed by atoms with E-state index in [1.165, 1.54) is 18.3 Å². The molecule has 212 valence electrons. The molecule has 0 saturated carbocycles. The number of thiol groups is 1. The highest BCUT2D eigenvalue weighted by atomic mass is 35.5. The molecule has 0 unspecified atom stereocenters. The molecule has 0 aliphatic carbocycles. The lowest BCUT2D eigenvalue weighted by atomic mass is 10.0. The summed E-state index contributed by atoms with van der Waals surface area (Å²) in [6.45, 7) is 0.677. The highest BCUT2D eigenvalue weighted by Crippen LogP contribution is 2.39. The number of morpholine rings is 1. The van der Waals surface area contributed by atoms with Gasteiger partial charge in [0.1, 0.15) is 23.3 Å². The van der Waals surface area contributed by atoms with E-state index in [4.69, 9.17) is 16.3 Å². The van der Waals surface area contributed by atoms with Crippen LogP contribution in [0, 0.1) is 11.3 Å². The van der Waals surface area contributed by atoms with Crippen LogP contribution in [0.3, 0.4) is 0 Å². The third-order valence-electron chi connectivity index (χ3n) is 6.54. The number of benzene rings is 3. The van der Waals surface area contributed by atoms with Crippen LogP contribution in [-0.4, -0.2) is 57.4 Å². The van der Waals surface area contributed by atoms with Crippen LogP contribution < -0.4 is 9.80 Å². The van der Waals surface area contributed by atoms with Gasteiger partial charge in [-0.1, -0.05) is 29.8 Å². The van der Waals surface area contributed by atoms with E-state index in [1.807, 2.05) is 4.90 Å². The van der Waals surface area contributed by atoms with Crippen molar-refractivity contribution in [3.63, 3.8) is 0 Å². The molecular formula is C28H23ClF3N5O3S. The Morgan fingerprint density at radius 3 is 2.37 bits per heavy atom. The molecule has 0 bridgehead atoms. The van der Waals surface area contributed by atoms with Crippen LogP contribution in [0.5, 0.6) is 0 Å². The van der Waals surface area contributed by atoms with Crippen molar-refractivity contribution in [2.24, 2.45) is 0 Å². The van der Waals surface area contributed by atoms with Crippen molar-refractivity contribution < 1.29 is 26.3 Å². The van der Waals surface area contributed by atoms with Crippen molar-refractivity contribution in [2.45, 2.75) is 11.9 Å². The zero-order valence-corrected chi connectivity index (χ0v) is 23.1. The molecule has 13 heteroatoms. The van der Waals surface area contributed by atoms with Gasteiger partial charge in [0.25, 0.3) is 0 Å². The van der Waals surface area contributed by atoms with E-state index in [2.05, 4.69) is 16.0 Å². The summed E-state index contributed by atoms with van der Waals surface area (Å²) in [5, 5.41) is 10.0. The first-order valence-corrected chi connectivity index (χ1v) is 14.2. The summed E-state index contributed by atoms with van der Waals surface area (Å²) < 4.78 is 68.5. The number of fused-ring (bicyclic) bond motifs is 1. The summed E-state index contributed by atoms with van der Waals surface area (Å²) in [5.41, 5.74) is 3.98. The molecule has 1 aromatic heterocycles. The molecule has 1 aliphatic heterocycles. The molecule has 0 atom stereocenters. The van der Waals surface area contributed by atoms with Gasteiger partial charge in [-0.25, -0.2) is 13.4 Å². The van der Waals surface area contributed by atoms with E-state index in [0.29, 0.717) is 48.7 Å². The Bertz CT molecular complexity index is 1690. The van der Waals surface area contributed by atoms with Crippen LogP contribution in [0.15, 0.2) is 60.8 Å². The Balaban J connectivity index is 1.47. The Kier molecular flexibility index (Phi) is 8.30. The number of rotatable bonds is 7. The van der Waals surface area contributed by atoms with Gasteiger partial charge in [0.15, 0.2) is 0 Å². The number of halogens is 4. The number of nitriles is 1. The van der Waals surface area contributed by atoms with Crippen molar-refractivity contribution in [2.75, 3.05) is 42.6 Å². The maximum absolute atomic E-state index is 13.7. The van der Waals surface area contributed by atoms with E-state index in [-0.39, 0.29) is 27.7 Å². The van der Waals surface area contributed by atoms with Crippen LogP contribution in [0.1, 0.15) is 11.3 Å². The van der Waals surface area contributed by atoms with Crippen LogP contribution >= 0.6 is 11.6 Å². The second-order valence-corrected chi connectivity index (χ2v) is 10.7. The maximum atomic E-state index is 13.7. The normalized spacial score (nSPS) is 13.9. The van der Waals surface area contributed by atoms with E-state index < -0.39 is 23.4 Å². The zero-order chi connectivity index (χ0) is 29.1. The van der Waals surface area contributed by atoms with Gasteiger partial charge in [-0.05, 0) is 47.5 Å². The number of ether oxygens (including phenoxy) is 1. The molecule has 1 saturated heterocycles. The van der Waals surface area contributed by atoms with Crippen LogP contribution in [0.4, 0.5) is 30.2 Å². The van der Waals surface area contributed by atoms with Gasteiger partial charge >= 0.3 is 6.18 Å². The first-order valence-electron chi connectivity index (χ1n) is 12.5. The van der Waals surface area contributed by atoms with Crippen LogP contribution in [0.25, 0.3) is 22.2 Å². The summed E-state index contributed by atoms with van der Waals surface area (Å²) >= 11 is 6.55. The second kappa shape index (κ2) is 11.9. The molecule has 0 radical (unpaired) electrons. The fourth-order valence-corrected chi connectivity index (χ4v) is 5.47. The van der Waals surface area contributed by atoms with E-state index in [1.54, 1.807) is 42.5 Å². The highest BCUT2D eigenvalue weighted by Gasteiger charge is 2.32. The Labute approximate surface area is 240 Å². The topological polar surface area (TPSA) is 99.4 Å². The molecule has 0 N–H and O–H groups in total. The average molecular weight is 602 g/mol. The molecule has 3 aromatic carbocycles. The fourth-order valence-electron chi connectivity index (χ4n) is 4.72. The van der Waals surface area contributed by atoms with Gasteiger partial charge in [0, 0.05) is 24.5 Å². The Morgan fingerprint density at radius 1 is 1.00 bits per heavy atom. The van der Waals surface area contributed by atoms with E-state index in [0.717, 1.165) is 16.0 Å². The first-order chi connectivity index (χ1) is 19.6. The van der Waals surface area contributed by atoms with Crippen molar-refractivity contribution in [1.82, 2.24) is 9.97 Å². The van der Waals surface area contributed by atoms with Gasteiger partial charge in [0.2, 0.25) is 0 Å². The highest BCUT2D eigenvalue weighted by molar-refractivity contribution is 7.71. The van der Waals surface area contributed by atoms with Crippen molar-refractivity contribution in [1.29, 1.82) is 5.26 Å². The SMILES string of the molecule is N#Cc1cc(N(CC(F)(F)F)c2ccc(-c3ccc4nc(C[SH](=O)=O)cnc4c3)cc2)cc(Cl)c1N1CCOCC1. The lowest BCUT2D eigenvalue weighted by Gasteiger charge is -2.32. The van der Waals surface area contributed by atoms with Gasteiger partial charge in [0.05, 0.1) is 58.2 Å². The van der Waals surface area contributed by atoms with Gasteiger partial charge in [-0.15, -0.1) is 0 Å². The molecule has 0 amide bonds. The number of alkyl halides is 3. The fraction of sp³-hybridized carbons (Fsp3) is 0.250. The third kappa shape index (κ3) is 6.70. The minimum absolute atomic E-state index is 0.144. The Morgan fingerprint density at radius 2 is 1.71 bits per heavy atom. The molecule has 1 fully saturated rings. The van der Waals surface area contributed by atoms with Crippen LogP contribution in [0.2, 0.25) is 5.02 Å². The molecule has 8 nitrogen and oxygen atoms in total. The monoisotopic (exact) mass is 601 g/mol. The molecule has 2 heterocycles. The quantitative estimate of drug-likeness (QED) is 0.279.